The lowest BCUT2D eigenvalue weighted by molar-refractivity contribution is 0.601. The van der Waals surface area contributed by atoms with E-state index in [4.69, 9.17) is 23.2 Å². The molecule has 0 heterocycles. The smallest absolute Gasteiger partial charge is 0.261 e. The molecule has 0 aliphatic rings. The molecule has 0 fully saturated rings. The molecule has 0 bridgehead atoms. The van der Waals surface area contributed by atoms with Gasteiger partial charge in [0.2, 0.25) is 0 Å². The average Bonchev–Trinajstić information content (AvgIpc) is 2.34. The molecule has 100 valence electrons. The molecule has 2 aromatic carbocycles. The molecule has 0 aliphatic heterocycles. The second-order valence-corrected chi connectivity index (χ2v) is 6.21. The average molecular weight is 320 g/mol. The van der Waals surface area contributed by atoms with Crippen LogP contribution in [-0.4, -0.2) is 8.42 Å². The fraction of sp³-hybridized carbons (Fsp3) is 0. The number of rotatable bonds is 3. The van der Waals surface area contributed by atoms with Crippen molar-refractivity contribution in [3.05, 3.63) is 58.3 Å². The summed E-state index contributed by atoms with van der Waals surface area (Å²) in [6.45, 7) is 0. The molecule has 7 heteroatoms. The second-order valence-electron chi connectivity index (χ2n) is 3.69. The van der Waals surface area contributed by atoms with Crippen molar-refractivity contribution in [1.82, 2.24) is 0 Å². The molecular weight excluding hydrogens is 312 g/mol. The Hall–Kier alpha value is -1.30. The second kappa shape index (κ2) is 5.36. The minimum atomic E-state index is -3.75. The summed E-state index contributed by atoms with van der Waals surface area (Å²) in [7, 11) is -3.75. The lowest BCUT2D eigenvalue weighted by Gasteiger charge is -2.08. The molecule has 0 unspecified atom stereocenters. The van der Waals surface area contributed by atoms with Crippen LogP contribution in [0.15, 0.2) is 47.4 Å². The van der Waals surface area contributed by atoms with Crippen LogP contribution in [0.3, 0.4) is 0 Å². The highest BCUT2D eigenvalue weighted by molar-refractivity contribution is 7.92. The van der Waals surface area contributed by atoms with Crippen molar-refractivity contribution in [3.8, 4) is 0 Å². The molecular formula is C12H8Cl2FNO2S. The van der Waals surface area contributed by atoms with Crippen LogP contribution >= 0.6 is 23.2 Å². The van der Waals surface area contributed by atoms with Crippen molar-refractivity contribution < 1.29 is 12.8 Å². The van der Waals surface area contributed by atoms with Gasteiger partial charge in [-0.15, -0.1) is 0 Å². The number of hydrogen-bond donors (Lipinski definition) is 1. The Balaban J connectivity index is 2.30. The van der Waals surface area contributed by atoms with Crippen molar-refractivity contribution in [2.24, 2.45) is 0 Å². The SMILES string of the molecule is O=S(=O)(Nc1ccc(F)c(Cl)c1)c1ccc(Cl)cc1. The van der Waals surface area contributed by atoms with E-state index in [1.165, 1.54) is 36.4 Å². The lowest BCUT2D eigenvalue weighted by atomic mass is 10.3. The van der Waals surface area contributed by atoms with Gasteiger partial charge < -0.3 is 0 Å². The molecule has 0 amide bonds. The third kappa shape index (κ3) is 3.37. The normalized spacial score (nSPS) is 11.3. The minimum Gasteiger partial charge on any atom is -0.280 e. The maximum absolute atomic E-state index is 13.0. The first kappa shape index (κ1) is 14.1. The van der Waals surface area contributed by atoms with Gasteiger partial charge in [0.15, 0.2) is 0 Å². The number of halogens is 3. The topological polar surface area (TPSA) is 46.2 Å². The zero-order valence-electron chi connectivity index (χ0n) is 9.40. The van der Waals surface area contributed by atoms with Crippen LogP contribution in [0.5, 0.6) is 0 Å². The largest absolute Gasteiger partial charge is 0.280 e. The van der Waals surface area contributed by atoms with E-state index in [2.05, 4.69) is 4.72 Å². The number of benzene rings is 2. The van der Waals surface area contributed by atoms with E-state index in [0.717, 1.165) is 6.07 Å². The van der Waals surface area contributed by atoms with Gasteiger partial charge in [-0.25, -0.2) is 12.8 Å². The Morgan fingerprint density at radius 3 is 2.21 bits per heavy atom. The molecule has 19 heavy (non-hydrogen) atoms. The summed E-state index contributed by atoms with van der Waals surface area (Å²) in [6.07, 6.45) is 0. The molecule has 0 saturated carbocycles. The van der Waals surface area contributed by atoms with Gasteiger partial charge in [0.25, 0.3) is 10.0 Å². The highest BCUT2D eigenvalue weighted by atomic mass is 35.5. The highest BCUT2D eigenvalue weighted by Gasteiger charge is 2.14. The summed E-state index contributed by atoms with van der Waals surface area (Å²) in [5.74, 6) is -0.615. The third-order valence-electron chi connectivity index (χ3n) is 2.30. The zero-order chi connectivity index (χ0) is 14.0. The Kier molecular flexibility index (Phi) is 3.99. The van der Waals surface area contributed by atoms with Crippen molar-refractivity contribution in [2.45, 2.75) is 4.90 Å². The van der Waals surface area contributed by atoms with Gasteiger partial charge in [-0.05, 0) is 42.5 Å². The van der Waals surface area contributed by atoms with Crippen LogP contribution in [0.2, 0.25) is 10.0 Å². The van der Waals surface area contributed by atoms with Gasteiger partial charge in [0.05, 0.1) is 15.6 Å². The van der Waals surface area contributed by atoms with E-state index in [9.17, 15) is 12.8 Å². The van der Waals surface area contributed by atoms with Crippen LogP contribution in [0.25, 0.3) is 0 Å². The molecule has 0 radical (unpaired) electrons. The monoisotopic (exact) mass is 319 g/mol. The van der Waals surface area contributed by atoms with Crippen molar-refractivity contribution >= 4 is 38.9 Å². The zero-order valence-corrected chi connectivity index (χ0v) is 11.7. The summed E-state index contributed by atoms with van der Waals surface area (Å²) in [5.41, 5.74) is 0.182. The summed E-state index contributed by atoms with van der Waals surface area (Å²) in [4.78, 5) is 0.0531. The quantitative estimate of drug-likeness (QED) is 0.931. The van der Waals surface area contributed by atoms with Crippen LogP contribution in [0.1, 0.15) is 0 Å². The van der Waals surface area contributed by atoms with Crippen LogP contribution in [0, 0.1) is 5.82 Å². The minimum absolute atomic E-state index is 0.0531. The molecule has 2 aromatic rings. The number of hydrogen-bond acceptors (Lipinski definition) is 2. The predicted molar refractivity (Wildman–Crippen MR) is 73.7 cm³/mol. The van der Waals surface area contributed by atoms with E-state index in [0.29, 0.717) is 5.02 Å². The standard InChI is InChI=1S/C12H8Cl2FNO2S/c13-8-1-4-10(5-2-8)19(17,18)16-9-3-6-12(15)11(14)7-9/h1-7,16H. The molecule has 1 N–H and O–H groups in total. The number of sulfonamides is 1. The first-order chi connectivity index (χ1) is 8.88. The Bertz CT molecular complexity index is 702. The third-order valence-corrected chi connectivity index (χ3v) is 4.23. The Labute approximate surface area is 120 Å². The number of anilines is 1. The van der Waals surface area contributed by atoms with Gasteiger partial charge >= 0.3 is 0 Å². The highest BCUT2D eigenvalue weighted by Crippen LogP contribution is 2.22. The van der Waals surface area contributed by atoms with Crippen molar-refractivity contribution in [1.29, 1.82) is 0 Å². The van der Waals surface area contributed by atoms with E-state index < -0.39 is 15.8 Å². The fourth-order valence-electron chi connectivity index (χ4n) is 1.39. The first-order valence-electron chi connectivity index (χ1n) is 5.12. The summed E-state index contributed by atoms with van der Waals surface area (Å²) >= 11 is 11.3. The molecule has 3 nitrogen and oxygen atoms in total. The molecule has 0 atom stereocenters. The van der Waals surface area contributed by atoms with Crippen LogP contribution in [-0.2, 0) is 10.0 Å². The van der Waals surface area contributed by atoms with E-state index in [1.54, 1.807) is 0 Å². The van der Waals surface area contributed by atoms with Gasteiger partial charge in [0, 0.05) is 5.02 Å². The molecule has 0 saturated heterocycles. The fourth-order valence-corrected chi connectivity index (χ4v) is 2.74. The van der Waals surface area contributed by atoms with E-state index in [-0.39, 0.29) is 15.6 Å². The molecule has 2 rings (SSSR count). The summed E-state index contributed by atoms with van der Waals surface area (Å²) in [5, 5.41) is 0.278. The van der Waals surface area contributed by atoms with Crippen LogP contribution in [0.4, 0.5) is 10.1 Å². The Morgan fingerprint density at radius 2 is 1.63 bits per heavy atom. The summed E-state index contributed by atoms with van der Waals surface area (Å²) < 4.78 is 39.3. The van der Waals surface area contributed by atoms with E-state index in [1.807, 2.05) is 0 Å². The van der Waals surface area contributed by atoms with Gasteiger partial charge in [-0.3, -0.25) is 4.72 Å². The first-order valence-corrected chi connectivity index (χ1v) is 7.36. The Morgan fingerprint density at radius 1 is 1.00 bits per heavy atom. The van der Waals surface area contributed by atoms with Gasteiger partial charge in [-0.1, -0.05) is 23.2 Å². The van der Waals surface area contributed by atoms with Gasteiger partial charge in [0.1, 0.15) is 5.82 Å². The lowest BCUT2D eigenvalue weighted by Crippen LogP contribution is -2.12. The predicted octanol–water partition coefficient (Wildman–Crippen LogP) is 3.93. The maximum atomic E-state index is 13.0. The van der Waals surface area contributed by atoms with E-state index >= 15 is 0 Å². The maximum Gasteiger partial charge on any atom is 0.261 e. The van der Waals surface area contributed by atoms with Crippen molar-refractivity contribution in [3.63, 3.8) is 0 Å². The van der Waals surface area contributed by atoms with Gasteiger partial charge in [-0.2, -0.15) is 0 Å². The van der Waals surface area contributed by atoms with Crippen molar-refractivity contribution in [2.75, 3.05) is 4.72 Å². The summed E-state index contributed by atoms with van der Waals surface area (Å²) in [6, 6.07) is 9.24. The van der Waals surface area contributed by atoms with Crippen LogP contribution < -0.4 is 4.72 Å². The molecule has 0 aromatic heterocycles. The number of nitrogens with one attached hydrogen (secondary N) is 1. The molecule has 0 spiro atoms. The molecule has 0 aliphatic carbocycles.